The van der Waals surface area contributed by atoms with E-state index in [0.29, 0.717) is 30.0 Å². The summed E-state index contributed by atoms with van der Waals surface area (Å²) in [5.41, 5.74) is 0.492. The number of hydrogen-bond donors (Lipinski definition) is 3. The van der Waals surface area contributed by atoms with E-state index < -0.39 is 12.0 Å². The number of aliphatic carboxylic acids is 1. The van der Waals surface area contributed by atoms with Gasteiger partial charge in [0.1, 0.15) is 6.04 Å². The molecule has 0 aliphatic carbocycles. The minimum atomic E-state index is -1.03. The lowest BCUT2D eigenvalue weighted by Crippen LogP contribution is -2.45. The second kappa shape index (κ2) is 9.93. The number of halogens is 1. The van der Waals surface area contributed by atoms with Crippen LogP contribution in [0.4, 0.5) is 0 Å². The van der Waals surface area contributed by atoms with Crippen molar-refractivity contribution >= 4 is 29.4 Å². The van der Waals surface area contributed by atoms with Crippen molar-refractivity contribution < 1.29 is 19.5 Å². The predicted molar refractivity (Wildman–Crippen MR) is 92.0 cm³/mol. The Bertz CT molecular complexity index is 574. The molecule has 0 heterocycles. The van der Waals surface area contributed by atoms with Gasteiger partial charge in [0.05, 0.1) is 0 Å². The summed E-state index contributed by atoms with van der Waals surface area (Å²) in [4.78, 5) is 34.8. The van der Waals surface area contributed by atoms with E-state index in [1.165, 1.54) is 0 Å². The first-order valence-electron chi connectivity index (χ1n) is 7.91. The number of nitrogens with one attached hydrogen (secondary N) is 2. The number of carbonyl (C=O) groups excluding carboxylic acids is 2. The van der Waals surface area contributed by atoms with Gasteiger partial charge in [-0.1, -0.05) is 31.9 Å². The maximum absolute atomic E-state index is 11.9. The summed E-state index contributed by atoms with van der Waals surface area (Å²) >= 11 is 5.76. The van der Waals surface area contributed by atoms with E-state index in [1.54, 1.807) is 31.2 Å². The zero-order valence-electron chi connectivity index (χ0n) is 13.8. The highest BCUT2D eigenvalue weighted by atomic mass is 35.5. The Morgan fingerprint density at radius 3 is 2.38 bits per heavy atom. The van der Waals surface area contributed by atoms with Gasteiger partial charge in [-0.2, -0.15) is 0 Å². The first-order valence-corrected chi connectivity index (χ1v) is 8.28. The summed E-state index contributed by atoms with van der Waals surface area (Å²) in [6.07, 6.45) is 1.24. The molecule has 7 heteroatoms. The largest absolute Gasteiger partial charge is 0.480 e. The van der Waals surface area contributed by atoms with Crippen molar-refractivity contribution in [3.8, 4) is 0 Å². The predicted octanol–water partition coefficient (Wildman–Crippen LogP) is 2.47. The monoisotopic (exact) mass is 354 g/mol. The van der Waals surface area contributed by atoms with Gasteiger partial charge in [-0.25, -0.2) is 4.79 Å². The molecule has 2 amide bonds. The van der Waals surface area contributed by atoms with Crippen LogP contribution in [0, 0.1) is 5.92 Å². The van der Waals surface area contributed by atoms with Crippen molar-refractivity contribution in [2.75, 3.05) is 6.54 Å². The number of benzene rings is 1. The zero-order valence-corrected chi connectivity index (χ0v) is 14.6. The molecule has 0 aliphatic heterocycles. The molecule has 0 aromatic heterocycles. The average molecular weight is 355 g/mol. The summed E-state index contributed by atoms with van der Waals surface area (Å²) < 4.78 is 0. The first-order chi connectivity index (χ1) is 11.3. The van der Waals surface area contributed by atoms with E-state index in [0.717, 1.165) is 0 Å². The van der Waals surface area contributed by atoms with E-state index in [1.807, 2.05) is 6.92 Å². The van der Waals surface area contributed by atoms with Gasteiger partial charge in [-0.3, -0.25) is 9.59 Å². The smallest absolute Gasteiger partial charge is 0.326 e. The van der Waals surface area contributed by atoms with Crippen LogP contribution in [0.2, 0.25) is 5.02 Å². The minimum absolute atomic E-state index is 0.143. The van der Waals surface area contributed by atoms with Crippen LogP contribution in [0.25, 0.3) is 0 Å². The lowest BCUT2D eigenvalue weighted by Gasteiger charge is -2.20. The topological polar surface area (TPSA) is 95.5 Å². The lowest BCUT2D eigenvalue weighted by atomic mass is 9.99. The van der Waals surface area contributed by atoms with Crippen molar-refractivity contribution in [3.05, 3.63) is 34.9 Å². The molecular weight excluding hydrogens is 332 g/mol. The quantitative estimate of drug-likeness (QED) is 0.593. The molecule has 3 N–H and O–H groups in total. The fourth-order valence-corrected chi connectivity index (χ4v) is 2.21. The molecule has 1 aromatic rings. The third-order valence-corrected chi connectivity index (χ3v) is 4.02. The standard InChI is InChI=1S/C17H23ClN2O4/c1-3-11(2)15(17(23)24)20-14(21)5-4-10-19-16(22)12-6-8-13(18)9-7-12/h6-9,11,15H,3-5,10H2,1-2H3,(H,19,22)(H,20,21)(H,23,24). The fourth-order valence-electron chi connectivity index (χ4n) is 2.08. The van der Waals surface area contributed by atoms with Gasteiger partial charge in [0.2, 0.25) is 5.91 Å². The SMILES string of the molecule is CCC(C)C(NC(=O)CCCNC(=O)c1ccc(Cl)cc1)C(=O)O. The molecule has 0 bridgehead atoms. The van der Waals surface area contributed by atoms with Gasteiger partial charge >= 0.3 is 5.97 Å². The van der Waals surface area contributed by atoms with Crippen molar-refractivity contribution in [2.45, 2.75) is 39.2 Å². The highest BCUT2D eigenvalue weighted by molar-refractivity contribution is 6.30. The number of carboxylic acids is 1. The van der Waals surface area contributed by atoms with E-state index in [4.69, 9.17) is 16.7 Å². The Hall–Kier alpha value is -2.08. The summed E-state index contributed by atoms with van der Waals surface area (Å²) in [7, 11) is 0. The highest BCUT2D eigenvalue weighted by Crippen LogP contribution is 2.10. The minimum Gasteiger partial charge on any atom is -0.480 e. The Morgan fingerprint density at radius 2 is 1.83 bits per heavy atom. The molecule has 0 aliphatic rings. The van der Waals surface area contributed by atoms with Gasteiger partial charge in [-0.05, 0) is 36.6 Å². The molecule has 0 radical (unpaired) electrons. The molecule has 0 saturated heterocycles. The van der Waals surface area contributed by atoms with Gasteiger partial charge in [-0.15, -0.1) is 0 Å². The molecule has 0 spiro atoms. The van der Waals surface area contributed by atoms with E-state index in [-0.39, 0.29) is 24.2 Å². The third kappa shape index (κ3) is 6.58. The molecule has 0 fully saturated rings. The van der Waals surface area contributed by atoms with Crippen molar-refractivity contribution in [3.63, 3.8) is 0 Å². The number of hydrogen-bond acceptors (Lipinski definition) is 3. The zero-order chi connectivity index (χ0) is 18.1. The van der Waals surface area contributed by atoms with Gasteiger partial charge in [0, 0.05) is 23.6 Å². The number of rotatable bonds is 9. The number of carboxylic acid groups (broad SMARTS) is 1. The molecule has 2 unspecified atom stereocenters. The van der Waals surface area contributed by atoms with Crippen LogP contribution in [0.1, 0.15) is 43.5 Å². The average Bonchev–Trinajstić information content (AvgIpc) is 2.56. The maximum atomic E-state index is 11.9. The molecule has 1 aromatic carbocycles. The van der Waals surface area contributed by atoms with Crippen molar-refractivity contribution in [1.82, 2.24) is 10.6 Å². The third-order valence-electron chi connectivity index (χ3n) is 3.77. The van der Waals surface area contributed by atoms with Crippen LogP contribution in [0.3, 0.4) is 0 Å². The van der Waals surface area contributed by atoms with Crippen molar-refractivity contribution in [1.29, 1.82) is 0 Å². The van der Waals surface area contributed by atoms with Gasteiger partial charge in [0.15, 0.2) is 0 Å². The Morgan fingerprint density at radius 1 is 1.21 bits per heavy atom. The summed E-state index contributed by atoms with van der Waals surface area (Å²) in [6, 6.07) is 5.61. The van der Waals surface area contributed by atoms with E-state index >= 15 is 0 Å². The fraction of sp³-hybridized carbons (Fsp3) is 0.471. The number of amides is 2. The Kier molecular flexibility index (Phi) is 8.26. The molecule has 6 nitrogen and oxygen atoms in total. The summed E-state index contributed by atoms with van der Waals surface area (Å²) in [6.45, 7) is 3.99. The van der Waals surface area contributed by atoms with Crippen LogP contribution in [0.5, 0.6) is 0 Å². The van der Waals surface area contributed by atoms with E-state index in [2.05, 4.69) is 10.6 Å². The molecule has 0 saturated carbocycles. The van der Waals surface area contributed by atoms with Gasteiger partial charge < -0.3 is 15.7 Å². The van der Waals surface area contributed by atoms with Gasteiger partial charge in [0.25, 0.3) is 5.91 Å². The first kappa shape index (κ1) is 20.0. The van der Waals surface area contributed by atoms with Crippen LogP contribution >= 0.6 is 11.6 Å². The maximum Gasteiger partial charge on any atom is 0.326 e. The molecule has 24 heavy (non-hydrogen) atoms. The second-order valence-electron chi connectivity index (χ2n) is 5.64. The number of carbonyl (C=O) groups is 3. The van der Waals surface area contributed by atoms with Crippen LogP contribution < -0.4 is 10.6 Å². The summed E-state index contributed by atoms with van der Waals surface area (Å²) in [5, 5.41) is 14.9. The van der Waals surface area contributed by atoms with E-state index in [9.17, 15) is 14.4 Å². The lowest BCUT2D eigenvalue weighted by molar-refractivity contribution is -0.143. The molecule has 132 valence electrons. The summed E-state index contributed by atoms with van der Waals surface area (Å²) in [5.74, 6) is -1.75. The van der Waals surface area contributed by atoms with Crippen LogP contribution in [0.15, 0.2) is 24.3 Å². The van der Waals surface area contributed by atoms with Crippen LogP contribution in [-0.2, 0) is 9.59 Å². The highest BCUT2D eigenvalue weighted by Gasteiger charge is 2.24. The van der Waals surface area contributed by atoms with Crippen molar-refractivity contribution in [2.24, 2.45) is 5.92 Å². The molecule has 2 atom stereocenters. The molecular formula is C17H23ClN2O4. The second-order valence-corrected chi connectivity index (χ2v) is 6.07. The molecule has 1 rings (SSSR count). The Balaban J connectivity index is 2.33. The Labute approximate surface area is 146 Å². The normalized spacial score (nSPS) is 13.0. The van der Waals surface area contributed by atoms with Crippen LogP contribution in [-0.4, -0.2) is 35.5 Å².